The summed E-state index contributed by atoms with van der Waals surface area (Å²) in [4.78, 5) is 3.89. The minimum absolute atomic E-state index is 0.138. The number of halogens is 1. The van der Waals surface area contributed by atoms with Crippen LogP contribution in [0.25, 0.3) is 0 Å². The van der Waals surface area contributed by atoms with Gasteiger partial charge in [-0.3, -0.25) is 0 Å². The van der Waals surface area contributed by atoms with Crippen molar-refractivity contribution in [1.82, 2.24) is 4.98 Å². The lowest BCUT2D eigenvalue weighted by Gasteiger charge is -1.98. The summed E-state index contributed by atoms with van der Waals surface area (Å²) in [6, 6.07) is 2.92. The summed E-state index contributed by atoms with van der Waals surface area (Å²) in [6.45, 7) is 0. The quantitative estimate of drug-likeness (QED) is 0.705. The molecule has 0 amide bonds. The molecule has 0 saturated heterocycles. The second-order valence-corrected chi connectivity index (χ2v) is 2.50. The van der Waals surface area contributed by atoms with Crippen molar-refractivity contribution in [3.05, 3.63) is 16.7 Å². The molecule has 0 atom stereocenters. The van der Waals surface area contributed by atoms with Crippen LogP contribution in [0.4, 0.5) is 0 Å². The molecule has 0 aliphatic carbocycles. The van der Waals surface area contributed by atoms with Gasteiger partial charge in [-0.05, 0) is 15.9 Å². The van der Waals surface area contributed by atoms with Crippen LogP contribution in [-0.4, -0.2) is 17.2 Å². The number of nitrogens with zero attached hydrogens (tertiary/aromatic N) is 1. The number of hydrogen-bond acceptors (Lipinski definition) is 3. The van der Waals surface area contributed by atoms with Crippen LogP contribution in [0, 0.1) is 0 Å². The van der Waals surface area contributed by atoms with Gasteiger partial charge in [0.2, 0.25) is 5.88 Å². The number of ether oxygens (including phenoxy) is 1. The molecule has 1 rings (SSSR count). The van der Waals surface area contributed by atoms with Gasteiger partial charge in [0.1, 0.15) is 10.4 Å². The molecule has 4 heteroatoms. The lowest BCUT2D eigenvalue weighted by atomic mass is 10.4. The van der Waals surface area contributed by atoms with Gasteiger partial charge in [0.15, 0.2) is 0 Å². The van der Waals surface area contributed by atoms with Crippen LogP contribution in [0.1, 0.15) is 0 Å². The van der Waals surface area contributed by atoms with E-state index in [-0.39, 0.29) is 5.75 Å². The lowest BCUT2D eigenvalue weighted by Crippen LogP contribution is -1.86. The molecule has 0 radical (unpaired) electrons. The van der Waals surface area contributed by atoms with E-state index in [0.717, 1.165) is 0 Å². The summed E-state index contributed by atoms with van der Waals surface area (Å²) in [7, 11) is 1.49. The number of aromatic hydroxyl groups is 1. The Labute approximate surface area is 66.8 Å². The SMILES string of the molecule is COc1cc(O)cc(Br)n1. The molecule has 1 N–H and O–H groups in total. The highest BCUT2D eigenvalue weighted by atomic mass is 79.9. The monoisotopic (exact) mass is 203 g/mol. The number of pyridine rings is 1. The first-order chi connectivity index (χ1) is 4.72. The smallest absolute Gasteiger partial charge is 0.217 e. The fourth-order valence-electron chi connectivity index (χ4n) is 0.565. The van der Waals surface area contributed by atoms with E-state index >= 15 is 0 Å². The van der Waals surface area contributed by atoms with Crippen LogP contribution < -0.4 is 4.74 Å². The molecule has 1 aromatic rings. The fourth-order valence-corrected chi connectivity index (χ4v) is 0.974. The maximum absolute atomic E-state index is 8.98. The Kier molecular flexibility index (Phi) is 2.11. The van der Waals surface area contributed by atoms with E-state index < -0.39 is 0 Å². The van der Waals surface area contributed by atoms with Gasteiger partial charge >= 0.3 is 0 Å². The molecule has 0 saturated carbocycles. The highest BCUT2D eigenvalue weighted by Gasteiger charge is 1.97. The van der Waals surface area contributed by atoms with Crippen LogP contribution in [-0.2, 0) is 0 Å². The van der Waals surface area contributed by atoms with Crippen LogP contribution in [0.5, 0.6) is 11.6 Å². The third kappa shape index (κ3) is 1.60. The predicted molar refractivity (Wildman–Crippen MR) is 40.2 cm³/mol. The Bertz CT molecular complexity index is 219. The Balaban J connectivity index is 3.06. The van der Waals surface area contributed by atoms with Crippen molar-refractivity contribution >= 4 is 15.9 Å². The summed E-state index contributed by atoms with van der Waals surface area (Å²) >= 11 is 3.10. The standard InChI is InChI=1S/C6H6BrNO2/c1-10-6-3-4(9)2-5(7)8-6/h2-3H,1H3,(H,8,9). The third-order valence-electron chi connectivity index (χ3n) is 0.964. The summed E-state index contributed by atoms with van der Waals surface area (Å²) in [6.07, 6.45) is 0. The van der Waals surface area contributed by atoms with Crippen LogP contribution >= 0.6 is 15.9 Å². The van der Waals surface area contributed by atoms with E-state index in [1.807, 2.05) is 0 Å². The van der Waals surface area contributed by atoms with Crippen molar-refractivity contribution in [2.75, 3.05) is 7.11 Å². The minimum Gasteiger partial charge on any atom is -0.508 e. The Morgan fingerprint density at radius 2 is 2.30 bits per heavy atom. The largest absolute Gasteiger partial charge is 0.508 e. The van der Waals surface area contributed by atoms with Crippen molar-refractivity contribution in [3.63, 3.8) is 0 Å². The summed E-state index contributed by atoms with van der Waals surface area (Å²) < 4.78 is 5.33. The molecular formula is C6H6BrNO2. The summed E-state index contributed by atoms with van der Waals surface area (Å²) in [5.41, 5.74) is 0. The van der Waals surface area contributed by atoms with E-state index in [2.05, 4.69) is 20.9 Å². The topological polar surface area (TPSA) is 42.4 Å². The molecular weight excluding hydrogens is 198 g/mol. The van der Waals surface area contributed by atoms with Crippen LogP contribution in [0.15, 0.2) is 16.7 Å². The Hall–Kier alpha value is -0.770. The van der Waals surface area contributed by atoms with Gasteiger partial charge in [0, 0.05) is 12.1 Å². The van der Waals surface area contributed by atoms with Gasteiger partial charge < -0.3 is 9.84 Å². The van der Waals surface area contributed by atoms with Crippen molar-refractivity contribution < 1.29 is 9.84 Å². The van der Waals surface area contributed by atoms with E-state index in [0.29, 0.717) is 10.5 Å². The third-order valence-corrected chi connectivity index (χ3v) is 1.37. The Morgan fingerprint density at radius 3 is 2.80 bits per heavy atom. The zero-order valence-corrected chi connectivity index (χ0v) is 6.92. The van der Waals surface area contributed by atoms with Crippen molar-refractivity contribution in [2.45, 2.75) is 0 Å². The van der Waals surface area contributed by atoms with E-state index in [1.165, 1.54) is 19.2 Å². The normalized spacial score (nSPS) is 9.40. The second-order valence-electron chi connectivity index (χ2n) is 1.69. The molecule has 54 valence electrons. The molecule has 0 aliphatic heterocycles. The fraction of sp³-hybridized carbons (Fsp3) is 0.167. The van der Waals surface area contributed by atoms with Gasteiger partial charge in [0.25, 0.3) is 0 Å². The van der Waals surface area contributed by atoms with Gasteiger partial charge in [-0.1, -0.05) is 0 Å². The molecule has 0 unspecified atom stereocenters. The predicted octanol–water partition coefficient (Wildman–Crippen LogP) is 1.56. The van der Waals surface area contributed by atoms with E-state index in [9.17, 15) is 0 Å². The maximum atomic E-state index is 8.98. The summed E-state index contributed by atoms with van der Waals surface area (Å²) in [5, 5.41) is 8.98. The molecule has 0 fully saturated rings. The minimum atomic E-state index is 0.138. The molecule has 0 bridgehead atoms. The summed E-state index contributed by atoms with van der Waals surface area (Å²) in [5.74, 6) is 0.533. The lowest BCUT2D eigenvalue weighted by molar-refractivity contribution is 0.390. The van der Waals surface area contributed by atoms with Gasteiger partial charge in [-0.2, -0.15) is 0 Å². The molecule has 1 heterocycles. The number of aromatic nitrogens is 1. The Morgan fingerprint density at radius 1 is 1.60 bits per heavy atom. The maximum Gasteiger partial charge on any atom is 0.217 e. The molecule has 0 spiro atoms. The molecule has 0 aromatic carbocycles. The average molecular weight is 204 g/mol. The van der Waals surface area contributed by atoms with Crippen molar-refractivity contribution in [1.29, 1.82) is 0 Å². The van der Waals surface area contributed by atoms with E-state index in [4.69, 9.17) is 9.84 Å². The average Bonchev–Trinajstić information content (AvgIpc) is 1.85. The van der Waals surface area contributed by atoms with Gasteiger partial charge in [-0.25, -0.2) is 4.98 Å². The van der Waals surface area contributed by atoms with E-state index in [1.54, 1.807) is 0 Å². The van der Waals surface area contributed by atoms with Crippen molar-refractivity contribution in [3.8, 4) is 11.6 Å². The highest BCUT2D eigenvalue weighted by Crippen LogP contribution is 2.20. The number of rotatable bonds is 1. The second kappa shape index (κ2) is 2.88. The first-order valence-electron chi connectivity index (χ1n) is 2.63. The molecule has 1 aromatic heterocycles. The van der Waals surface area contributed by atoms with Crippen molar-refractivity contribution in [2.24, 2.45) is 0 Å². The number of methoxy groups -OCH3 is 1. The van der Waals surface area contributed by atoms with Crippen LogP contribution in [0.3, 0.4) is 0 Å². The first-order valence-corrected chi connectivity index (χ1v) is 3.42. The first kappa shape index (κ1) is 7.34. The van der Waals surface area contributed by atoms with Crippen LogP contribution in [0.2, 0.25) is 0 Å². The molecule has 10 heavy (non-hydrogen) atoms. The zero-order valence-electron chi connectivity index (χ0n) is 5.34. The zero-order chi connectivity index (χ0) is 7.56. The van der Waals surface area contributed by atoms with Gasteiger partial charge in [-0.15, -0.1) is 0 Å². The molecule has 0 aliphatic rings. The van der Waals surface area contributed by atoms with Gasteiger partial charge in [0.05, 0.1) is 7.11 Å². The number of hydrogen-bond donors (Lipinski definition) is 1. The molecule has 3 nitrogen and oxygen atoms in total. The highest BCUT2D eigenvalue weighted by molar-refractivity contribution is 9.10.